The van der Waals surface area contributed by atoms with Crippen LogP contribution in [-0.2, 0) is 91.4 Å². The third-order valence-electron chi connectivity index (χ3n) is 17.6. The molecule has 2 aliphatic rings. The highest BCUT2D eigenvalue weighted by Gasteiger charge is 2.41. The molecule has 1 saturated heterocycles. The number of phenolic OH excluding ortho intramolecular Hbond substituents is 1. The van der Waals surface area contributed by atoms with Crippen LogP contribution in [0.25, 0.3) is 21.8 Å². The van der Waals surface area contributed by atoms with Gasteiger partial charge in [0.2, 0.25) is 47.3 Å². The summed E-state index contributed by atoms with van der Waals surface area (Å²) in [5, 5.41) is 45.4. The predicted octanol–water partition coefficient (Wildman–Crippen LogP) is 1.81. The van der Waals surface area contributed by atoms with Crippen LogP contribution in [0.2, 0.25) is 0 Å². The molecule has 4 aromatic heterocycles. The molecule has 9 rings (SSSR count). The van der Waals surface area contributed by atoms with Crippen molar-refractivity contribution in [2.45, 2.75) is 152 Å². The van der Waals surface area contributed by atoms with E-state index in [0.717, 1.165) is 0 Å². The zero-order chi connectivity index (χ0) is 70.0. The third-order valence-corrected chi connectivity index (χ3v) is 17.6. The highest BCUT2D eigenvalue weighted by atomic mass is 19.1. The van der Waals surface area contributed by atoms with Crippen molar-refractivity contribution in [3.8, 4) is 5.75 Å². The molecule has 520 valence electrons. The Balaban J connectivity index is 1.05. The number of nitrogens with zero attached hydrogens (tertiary/aromatic N) is 5. The second kappa shape index (κ2) is 33.8. The van der Waals surface area contributed by atoms with Crippen molar-refractivity contribution in [2.75, 3.05) is 19.6 Å². The quantitative estimate of drug-likeness (QED) is 0.0651. The van der Waals surface area contributed by atoms with Gasteiger partial charge in [-0.1, -0.05) is 23.8 Å². The summed E-state index contributed by atoms with van der Waals surface area (Å²) in [6.07, 6.45) is 6.56. The van der Waals surface area contributed by atoms with Crippen molar-refractivity contribution in [3.63, 3.8) is 0 Å². The van der Waals surface area contributed by atoms with Crippen molar-refractivity contribution in [1.82, 2.24) is 71.7 Å². The van der Waals surface area contributed by atoms with Crippen LogP contribution in [0.3, 0.4) is 0 Å². The van der Waals surface area contributed by atoms with Crippen LogP contribution in [0.4, 0.5) is 8.78 Å². The average Bonchev–Trinajstić information content (AvgIpc) is 1.61. The topological polar surface area (TPSA) is 447 Å². The number of hydrogen-bond donors (Lipinski definition) is 13. The number of aromatic amines is 3. The zero-order valence-corrected chi connectivity index (χ0v) is 53.7. The van der Waals surface area contributed by atoms with Crippen LogP contribution in [0.1, 0.15) is 105 Å². The molecule has 0 radical (unpaired) electrons. The molecule has 3 aromatic carbocycles. The fraction of sp³-hybridized carbons (Fsp3) is 0.433. The van der Waals surface area contributed by atoms with Gasteiger partial charge in [-0.25, -0.2) is 13.8 Å². The van der Waals surface area contributed by atoms with Gasteiger partial charge in [0.05, 0.1) is 36.9 Å². The highest BCUT2D eigenvalue weighted by Crippen LogP contribution is 2.26. The minimum atomic E-state index is -1.79. The number of rotatable bonds is 15. The van der Waals surface area contributed by atoms with Gasteiger partial charge in [-0.3, -0.25) is 57.4 Å². The number of benzene rings is 3. The first-order chi connectivity index (χ1) is 47.1. The maximum Gasteiger partial charge on any atom is 0.304 e. The number of aliphatic carboxylic acids is 1. The van der Waals surface area contributed by atoms with E-state index in [1.165, 1.54) is 90.5 Å². The first kappa shape index (κ1) is 71.6. The second-order valence-electron chi connectivity index (χ2n) is 24.9. The van der Waals surface area contributed by atoms with E-state index in [2.05, 4.69) is 62.1 Å². The van der Waals surface area contributed by atoms with E-state index in [1.807, 2.05) is 0 Å². The predicted molar refractivity (Wildman–Crippen MR) is 348 cm³/mol. The third kappa shape index (κ3) is 19.7. The molecule has 8 atom stereocenters. The number of phenols is 1. The number of nitrogens with one attached hydrogen (secondary N) is 9. The zero-order valence-electron chi connectivity index (χ0n) is 53.7. The molecule has 0 saturated carbocycles. The molecule has 2 bridgehead atoms. The van der Waals surface area contributed by atoms with Crippen LogP contribution in [-0.4, -0.2) is 171 Å². The molecule has 98 heavy (non-hydrogen) atoms. The average molecular weight is 1360 g/mol. The summed E-state index contributed by atoms with van der Waals surface area (Å²) < 4.78 is 31.3. The maximum absolute atomic E-state index is 15.1. The number of fused-ring (bicyclic) bond motifs is 5. The van der Waals surface area contributed by atoms with Gasteiger partial charge in [0.25, 0.3) is 0 Å². The van der Waals surface area contributed by atoms with E-state index in [-0.39, 0.29) is 92.6 Å². The molecule has 2 aliphatic heterocycles. The lowest BCUT2D eigenvalue weighted by molar-refractivity contribution is -0.143. The summed E-state index contributed by atoms with van der Waals surface area (Å²) in [6.45, 7) is -0.0870. The number of aryl methyl sites for hydroxylation is 2. The SMILES string of the molecule is NCCCC[C@@H]1CC(=O)CCCn2cc(nn2)CCC[C@@H](C(N)=O)NC(=O)[C@@H]2CCCN2C(=O)[C@H](Cc2ccc(O)cc2)NC(=O)[C@H](Cc2cnc[nH]2)NC(=O)[C@H](CC(=O)O)CC(=O)[C@H](Cc2c[nH]c3ccc(F)cc23)NC(=O)[C@H](Cc2c[nH]c3ccc(F)cc23)NC(=O)CNC1=O. The number of aromatic hydroxyl groups is 1. The number of hydrogen-bond acceptors (Lipinski definition) is 16. The molecule has 31 heteroatoms. The Morgan fingerprint density at radius 1 is 0.653 bits per heavy atom. The molecule has 8 amide bonds. The number of carbonyl (C=O) groups excluding carboxylic acids is 10. The number of amides is 8. The number of nitrogens with two attached hydrogens (primary N) is 2. The molecule has 0 aliphatic carbocycles. The van der Waals surface area contributed by atoms with Gasteiger partial charge >= 0.3 is 5.97 Å². The number of imidazole rings is 1. The van der Waals surface area contributed by atoms with E-state index < -0.39 is 145 Å². The smallest absolute Gasteiger partial charge is 0.304 e. The Morgan fingerprint density at radius 3 is 1.97 bits per heavy atom. The summed E-state index contributed by atoms with van der Waals surface area (Å²) in [5.41, 5.74) is 14.4. The molecule has 0 spiro atoms. The Morgan fingerprint density at radius 2 is 1.32 bits per heavy atom. The number of carbonyl (C=O) groups is 11. The van der Waals surface area contributed by atoms with E-state index in [9.17, 15) is 62.1 Å². The lowest BCUT2D eigenvalue weighted by atomic mass is 9.91. The molecular weight excluding hydrogens is 1270 g/mol. The molecule has 0 unspecified atom stereocenters. The Kier molecular flexibility index (Phi) is 24.7. The van der Waals surface area contributed by atoms with Crippen LogP contribution in [0, 0.1) is 23.5 Å². The van der Waals surface area contributed by atoms with Crippen molar-refractivity contribution in [2.24, 2.45) is 23.3 Å². The molecule has 7 aromatic rings. The molecule has 1 fully saturated rings. The van der Waals surface area contributed by atoms with Crippen molar-refractivity contribution in [1.29, 1.82) is 0 Å². The number of aromatic nitrogens is 7. The minimum Gasteiger partial charge on any atom is -0.508 e. The standard InChI is InChI=1S/C67H80F2N16O13/c68-42-13-17-50-48(28-42)40(31-73-50)24-53-58(88)26-39(27-60(90)91)63(94)80-55(30-45-33-72-36-76-45)65(96)81-56(22-37-11-15-46(86)16-12-37)67(98)85-21-5-10-57(85)66(97)78-52(61(71)92)9-3-7-44-35-84(83-82-44)20-4-8-47(87)23-38(6-1-2-19-70)62(93)75-34-59(89)77-54(64(95)79-53)25-41-32-74-51-18-14-43(69)29-49(41)51/h11-18,28-29,31-33,35-36,38-39,52-57,73-74,86H,1-10,19-27,30,34,70H2,(H2,71,92)(H,72,76)(H,75,93)(H,77,89)(H,78,97)(H,79,95)(H,80,94)(H,81,96)(H,90,91)/t38-,39+,52+,53+,54+,55+,56+,57+/m1/s1. The van der Waals surface area contributed by atoms with E-state index in [0.29, 0.717) is 78.3 Å². The summed E-state index contributed by atoms with van der Waals surface area (Å²) >= 11 is 0. The number of Topliss-reactive ketones (excluding diaryl/α,β-unsaturated/α-hetero) is 2. The second-order valence-corrected chi connectivity index (χ2v) is 24.9. The molecule has 15 N–H and O–H groups in total. The molecular formula is C67H80F2N16O13. The number of H-pyrrole nitrogens is 3. The van der Waals surface area contributed by atoms with Gasteiger partial charge < -0.3 is 73.4 Å². The van der Waals surface area contributed by atoms with Crippen molar-refractivity contribution >= 4 is 86.6 Å². The lowest BCUT2D eigenvalue weighted by Gasteiger charge is -2.31. The summed E-state index contributed by atoms with van der Waals surface area (Å²) in [6, 6.07) is 4.68. The van der Waals surface area contributed by atoms with E-state index >= 15 is 9.59 Å². The van der Waals surface area contributed by atoms with Gasteiger partial charge in [-0.15, -0.1) is 5.10 Å². The number of carboxylic acids is 1. The number of primary amides is 1. The maximum atomic E-state index is 15.1. The van der Waals surface area contributed by atoms with Crippen LogP contribution in [0.5, 0.6) is 5.75 Å². The lowest BCUT2D eigenvalue weighted by Crippen LogP contribution is -2.59. The summed E-state index contributed by atoms with van der Waals surface area (Å²) in [5.74, 6) is -13.8. The number of ketones is 2. The normalized spacial score (nSPS) is 22.4. The number of unbranched alkanes of at least 4 members (excludes halogenated alkanes) is 1. The van der Waals surface area contributed by atoms with Gasteiger partial charge in [-0.2, -0.15) is 0 Å². The first-order valence-electron chi connectivity index (χ1n) is 32.6. The van der Waals surface area contributed by atoms with Gasteiger partial charge in [0.15, 0.2) is 5.78 Å². The van der Waals surface area contributed by atoms with Gasteiger partial charge in [0, 0.05) is 116 Å². The monoisotopic (exact) mass is 1350 g/mol. The minimum absolute atomic E-state index is 0.0370. The van der Waals surface area contributed by atoms with Crippen molar-refractivity contribution < 1.29 is 71.7 Å². The van der Waals surface area contributed by atoms with Crippen LogP contribution < -0.4 is 43.4 Å². The number of carboxylic acid groups (broad SMARTS) is 1. The van der Waals surface area contributed by atoms with E-state index in [4.69, 9.17) is 11.5 Å². The first-order valence-corrected chi connectivity index (χ1v) is 32.6. The van der Waals surface area contributed by atoms with E-state index in [1.54, 1.807) is 10.9 Å². The highest BCUT2D eigenvalue weighted by molar-refractivity contribution is 6.00. The Labute approximate surface area is 560 Å². The van der Waals surface area contributed by atoms with Crippen molar-refractivity contribution in [3.05, 3.63) is 131 Å². The summed E-state index contributed by atoms with van der Waals surface area (Å²) in [7, 11) is 0. The van der Waals surface area contributed by atoms with Crippen LogP contribution in [0.15, 0.2) is 91.8 Å². The summed E-state index contributed by atoms with van der Waals surface area (Å²) in [4.78, 5) is 170. The van der Waals surface area contributed by atoms with Gasteiger partial charge in [0.1, 0.15) is 53.4 Å². The molecule has 6 heterocycles. The molecule has 29 nitrogen and oxygen atoms in total. The Hall–Kier alpha value is -10.7. The fourth-order valence-corrected chi connectivity index (χ4v) is 12.5. The largest absolute Gasteiger partial charge is 0.508 e. The number of halogens is 2. The van der Waals surface area contributed by atoms with Crippen LogP contribution >= 0.6 is 0 Å². The fourth-order valence-electron chi connectivity index (χ4n) is 12.5. The van der Waals surface area contributed by atoms with Gasteiger partial charge in [-0.05, 0) is 123 Å². The Bertz CT molecular complexity index is 4020.